The molecule has 106 valence electrons. The number of carboxylic acids is 1. The topological polar surface area (TPSA) is 67.8 Å². The molecular formula is C14H21NO4. The van der Waals surface area contributed by atoms with Crippen LogP contribution >= 0.6 is 0 Å². The minimum atomic E-state index is -1.22. The number of carboxylic acid groups (broad SMARTS) is 1. The molecule has 0 aromatic heterocycles. The van der Waals surface area contributed by atoms with Crippen molar-refractivity contribution in [2.24, 2.45) is 0 Å². The summed E-state index contributed by atoms with van der Waals surface area (Å²) in [5.41, 5.74) is -0.116. The standard InChI is InChI=1S/C14H21NO4/c1-14(2,13(16)17)19-12-6-4-11(5-7-12)10-15-8-9-18-3/h4-7,15H,8-10H2,1-3H3,(H,16,17). The molecule has 0 aliphatic carbocycles. The first-order valence-corrected chi connectivity index (χ1v) is 6.16. The van der Waals surface area contributed by atoms with E-state index in [0.717, 1.165) is 18.7 Å². The number of rotatable bonds is 8. The Hall–Kier alpha value is -1.59. The zero-order valence-electron chi connectivity index (χ0n) is 11.6. The second kappa shape index (κ2) is 7.11. The van der Waals surface area contributed by atoms with Crippen LogP contribution in [0.4, 0.5) is 0 Å². The van der Waals surface area contributed by atoms with Crippen LogP contribution in [0.2, 0.25) is 0 Å². The molecule has 0 amide bonds. The number of ether oxygens (including phenoxy) is 2. The average Bonchev–Trinajstić information content (AvgIpc) is 2.36. The summed E-state index contributed by atoms with van der Waals surface area (Å²) in [5, 5.41) is 12.2. The summed E-state index contributed by atoms with van der Waals surface area (Å²) in [6.45, 7) is 5.26. The normalized spacial score (nSPS) is 11.3. The third-order valence-corrected chi connectivity index (χ3v) is 2.62. The fourth-order valence-corrected chi connectivity index (χ4v) is 1.42. The Kier molecular flexibility index (Phi) is 5.79. The quantitative estimate of drug-likeness (QED) is 0.701. The van der Waals surface area contributed by atoms with Crippen LogP contribution in [0.25, 0.3) is 0 Å². The van der Waals surface area contributed by atoms with Gasteiger partial charge in [0.15, 0.2) is 5.60 Å². The number of carbonyl (C=O) groups is 1. The van der Waals surface area contributed by atoms with E-state index in [-0.39, 0.29) is 0 Å². The predicted octanol–water partition coefficient (Wildman–Crippen LogP) is 1.66. The van der Waals surface area contributed by atoms with Gasteiger partial charge in [0, 0.05) is 20.2 Å². The summed E-state index contributed by atoms with van der Waals surface area (Å²) in [6.07, 6.45) is 0. The summed E-state index contributed by atoms with van der Waals surface area (Å²) in [4.78, 5) is 10.9. The molecule has 0 spiro atoms. The first kappa shape index (κ1) is 15.5. The average molecular weight is 267 g/mol. The third-order valence-electron chi connectivity index (χ3n) is 2.62. The monoisotopic (exact) mass is 267 g/mol. The maximum absolute atomic E-state index is 10.9. The van der Waals surface area contributed by atoms with Crippen molar-refractivity contribution in [1.29, 1.82) is 0 Å². The first-order chi connectivity index (χ1) is 8.95. The fourth-order valence-electron chi connectivity index (χ4n) is 1.42. The van der Waals surface area contributed by atoms with E-state index < -0.39 is 11.6 Å². The highest BCUT2D eigenvalue weighted by Gasteiger charge is 2.29. The SMILES string of the molecule is COCCNCc1ccc(OC(C)(C)C(=O)O)cc1. The highest BCUT2D eigenvalue weighted by molar-refractivity contribution is 5.76. The van der Waals surface area contributed by atoms with Crippen molar-refractivity contribution in [3.8, 4) is 5.75 Å². The van der Waals surface area contributed by atoms with Crippen molar-refractivity contribution in [2.45, 2.75) is 26.0 Å². The Labute approximate surface area is 113 Å². The van der Waals surface area contributed by atoms with E-state index in [1.807, 2.05) is 12.1 Å². The lowest BCUT2D eigenvalue weighted by Crippen LogP contribution is -2.37. The number of aliphatic carboxylic acids is 1. The molecule has 0 heterocycles. The molecule has 0 aliphatic rings. The van der Waals surface area contributed by atoms with Gasteiger partial charge in [-0.3, -0.25) is 0 Å². The summed E-state index contributed by atoms with van der Waals surface area (Å²) in [7, 11) is 1.66. The second-order valence-corrected chi connectivity index (χ2v) is 4.73. The van der Waals surface area contributed by atoms with E-state index >= 15 is 0 Å². The van der Waals surface area contributed by atoms with Gasteiger partial charge in [0.1, 0.15) is 5.75 Å². The summed E-state index contributed by atoms with van der Waals surface area (Å²) >= 11 is 0. The molecule has 5 heteroatoms. The van der Waals surface area contributed by atoms with Gasteiger partial charge in [-0.25, -0.2) is 4.79 Å². The molecule has 0 bridgehead atoms. The molecule has 0 fully saturated rings. The van der Waals surface area contributed by atoms with Crippen LogP contribution in [0.5, 0.6) is 5.75 Å². The Bertz CT molecular complexity index is 400. The smallest absolute Gasteiger partial charge is 0.347 e. The van der Waals surface area contributed by atoms with Gasteiger partial charge in [-0.1, -0.05) is 12.1 Å². The van der Waals surface area contributed by atoms with Crippen molar-refractivity contribution in [3.05, 3.63) is 29.8 Å². The van der Waals surface area contributed by atoms with E-state index in [1.165, 1.54) is 13.8 Å². The van der Waals surface area contributed by atoms with Crippen LogP contribution < -0.4 is 10.1 Å². The van der Waals surface area contributed by atoms with Crippen molar-refractivity contribution < 1.29 is 19.4 Å². The zero-order chi connectivity index (χ0) is 14.3. The molecule has 1 aromatic rings. The number of hydrogen-bond acceptors (Lipinski definition) is 4. The largest absolute Gasteiger partial charge is 0.478 e. The second-order valence-electron chi connectivity index (χ2n) is 4.73. The lowest BCUT2D eigenvalue weighted by atomic mass is 10.1. The van der Waals surface area contributed by atoms with Crippen LogP contribution in [0.15, 0.2) is 24.3 Å². The van der Waals surface area contributed by atoms with Crippen molar-refractivity contribution in [2.75, 3.05) is 20.3 Å². The Balaban J connectivity index is 2.50. The number of nitrogens with one attached hydrogen (secondary N) is 1. The molecule has 0 saturated heterocycles. The molecule has 19 heavy (non-hydrogen) atoms. The molecular weight excluding hydrogens is 246 g/mol. The Morgan fingerprint density at radius 3 is 2.47 bits per heavy atom. The van der Waals surface area contributed by atoms with Crippen LogP contribution in [0.1, 0.15) is 19.4 Å². The van der Waals surface area contributed by atoms with Crippen molar-refractivity contribution >= 4 is 5.97 Å². The molecule has 0 aliphatic heterocycles. The number of hydrogen-bond donors (Lipinski definition) is 2. The highest BCUT2D eigenvalue weighted by atomic mass is 16.5. The van der Waals surface area contributed by atoms with Gasteiger partial charge in [0.25, 0.3) is 0 Å². The van der Waals surface area contributed by atoms with E-state index in [2.05, 4.69) is 5.32 Å². The molecule has 1 rings (SSSR count). The Morgan fingerprint density at radius 1 is 1.32 bits per heavy atom. The van der Waals surface area contributed by atoms with Gasteiger partial charge in [0.2, 0.25) is 0 Å². The predicted molar refractivity (Wildman–Crippen MR) is 72.4 cm³/mol. The molecule has 2 N–H and O–H groups in total. The lowest BCUT2D eigenvalue weighted by Gasteiger charge is -2.21. The minimum absolute atomic E-state index is 0.549. The summed E-state index contributed by atoms with van der Waals surface area (Å²) < 4.78 is 10.4. The van der Waals surface area contributed by atoms with Crippen molar-refractivity contribution in [1.82, 2.24) is 5.32 Å². The third kappa shape index (κ3) is 5.28. The van der Waals surface area contributed by atoms with E-state index in [1.54, 1.807) is 19.2 Å². The van der Waals surface area contributed by atoms with Gasteiger partial charge < -0.3 is 19.9 Å². The molecule has 5 nitrogen and oxygen atoms in total. The molecule has 0 atom stereocenters. The lowest BCUT2D eigenvalue weighted by molar-refractivity contribution is -0.152. The number of methoxy groups -OCH3 is 1. The van der Waals surface area contributed by atoms with Crippen LogP contribution in [-0.4, -0.2) is 36.9 Å². The Morgan fingerprint density at radius 2 is 1.95 bits per heavy atom. The van der Waals surface area contributed by atoms with E-state index in [9.17, 15) is 4.79 Å². The van der Waals surface area contributed by atoms with Crippen molar-refractivity contribution in [3.63, 3.8) is 0 Å². The maximum Gasteiger partial charge on any atom is 0.347 e. The molecule has 0 saturated carbocycles. The van der Waals surface area contributed by atoms with Gasteiger partial charge in [-0.15, -0.1) is 0 Å². The zero-order valence-corrected chi connectivity index (χ0v) is 11.6. The van der Waals surface area contributed by atoms with Crippen LogP contribution in [0.3, 0.4) is 0 Å². The van der Waals surface area contributed by atoms with Crippen LogP contribution in [0, 0.1) is 0 Å². The van der Waals surface area contributed by atoms with Gasteiger partial charge in [-0.05, 0) is 31.5 Å². The van der Waals surface area contributed by atoms with E-state index in [0.29, 0.717) is 12.4 Å². The van der Waals surface area contributed by atoms with E-state index in [4.69, 9.17) is 14.6 Å². The van der Waals surface area contributed by atoms with Gasteiger partial charge >= 0.3 is 5.97 Å². The van der Waals surface area contributed by atoms with Crippen LogP contribution in [-0.2, 0) is 16.1 Å². The van der Waals surface area contributed by atoms with Gasteiger partial charge in [-0.2, -0.15) is 0 Å². The first-order valence-electron chi connectivity index (χ1n) is 6.16. The maximum atomic E-state index is 10.9. The summed E-state index contributed by atoms with van der Waals surface area (Å²) in [6, 6.07) is 7.37. The molecule has 1 aromatic carbocycles. The van der Waals surface area contributed by atoms with Gasteiger partial charge in [0.05, 0.1) is 6.61 Å². The summed E-state index contributed by atoms with van der Waals surface area (Å²) in [5.74, 6) is -0.439. The molecule has 0 radical (unpaired) electrons. The number of benzene rings is 1. The minimum Gasteiger partial charge on any atom is -0.478 e. The fraction of sp³-hybridized carbons (Fsp3) is 0.500. The molecule has 0 unspecified atom stereocenters. The highest BCUT2D eigenvalue weighted by Crippen LogP contribution is 2.19.